The van der Waals surface area contributed by atoms with Crippen LogP contribution in [-0.4, -0.2) is 23.0 Å². The van der Waals surface area contributed by atoms with E-state index in [-0.39, 0.29) is 0 Å². The van der Waals surface area contributed by atoms with Crippen molar-refractivity contribution in [2.75, 3.05) is 5.32 Å². The largest absolute Gasteiger partial charge is 0.449 e. The second-order valence-electron chi connectivity index (χ2n) is 5.95. The van der Waals surface area contributed by atoms with Crippen LogP contribution >= 0.6 is 23.2 Å². The highest BCUT2D eigenvalue weighted by Gasteiger charge is 2.18. The van der Waals surface area contributed by atoms with E-state index in [0.717, 1.165) is 16.5 Å². The zero-order valence-corrected chi connectivity index (χ0v) is 16.4. The predicted octanol–water partition coefficient (Wildman–Crippen LogP) is 5.13. The summed E-state index contributed by atoms with van der Waals surface area (Å²) >= 11 is 11.9. The fraction of sp³-hybridized carbons (Fsp3) is 0.0952. The lowest BCUT2D eigenvalue weighted by Gasteiger charge is -2.13. The molecule has 0 spiro atoms. The number of anilines is 1. The number of carbonyl (C=O) groups excluding carboxylic acids is 2. The number of aromatic nitrogens is 1. The van der Waals surface area contributed by atoms with Crippen molar-refractivity contribution in [3.63, 3.8) is 0 Å². The normalized spacial score (nSPS) is 12.1. The highest BCUT2D eigenvalue weighted by Crippen LogP contribution is 2.25. The third-order valence-corrected chi connectivity index (χ3v) is 4.48. The van der Waals surface area contributed by atoms with E-state index in [1.807, 2.05) is 30.3 Å². The van der Waals surface area contributed by atoms with Gasteiger partial charge >= 0.3 is 5.97 Å². The third-order valence-electron chi connectivity index (χ3n) is 3.91. The minimum Gasteiger partial charge on any atom is -0.449 e. The van der Waals surface area contributed by atoms with Gasteiger partial charge in [-0.25, -0.2) is 4.79 Å². The minimum atomic E-state index is -1.02. The van der Waals surface area contributed by atoms with Gasteiger partial charge in [-0.15, -0.1) is 0 Å². The van der Waals surface area contributed by atoms with E-state index in [0.29, 0.717) is 15.7 Å². The van der Waals surface area contributed by atoms with Crippen LogP contribution in [0.25, 0.3) is 17.0 Å². The summed E-state index contributed by atoms with van der Waals surface area (Å²) in [7, 11) is 0. The third kappa shape index (κ3) is 4.88. The van der Waals surface area contributed by atoms with Crippen molar-refractivity contribution in [1.82, 2.24) is 4.98 Å². The van der Waals surface area contributed by atoms with Crippen LogP contribution in [0.2, 0.25) is 10.0 Å². The number of nitrogens with zero attached hydrogens (tertiary/aromatic N) is 1. The monoisotopic (exact) mass is 414 g/mol. The smallest absolute Gasteiger partial charge is 0.331 e. The van der Waals surface area contributed by atoms with Crippen molar-refractivity contribution in [1.29, 1.82) is 0 Å². The highest BCUT2D eigenvalue weighted by atomic mass is 35.5. The van der Waals surface area contributed by atoms with E-state index in [9.17, 15) is 9.59 Å². The Morgan fingerprint density at radius 1 is 1.14 bits per heavy atom. The number of hydrogen-bond acceptors (Lipinski definition) is 4. The second-order valence-corrected chi connectivity index (χ2v) is 6.79. The second kappa shape index (κ2) is 8.87. The van der Waals surface area contributed by atoms with E-state index in [1.54, 1.807) is 24.4 Å². The van der Waals surface area contributed by atoms with Crippen LogP contribution in [0, 0.1) is 0 Å². The molecule has 0 aliphatic heterocycles. The molecule has 28 heavy (non-hydrogen) atoms. The van der Waals surface area contributed by atoms with Gasteiger partial charge in [0.1, 0.15) is 0 Å². The molecule has 3 aromatic rings. The van der Waals surface area contributed by atoms with Gasteiger partial charge < -0.3 is 10.1 Å². The Labute approximate surface area is 171 Å². The Kier molecular flexibility index (Phi) is 6.29. The molecule has 0 aliphatic rings. The average Bonchev–Trinajstić information content (AvgIpc) is 2.69. The molecule has 1 atom stereocenters. The van der Waals surface area contributed by atoms with Crippen LogP contribution in [-0.2, 0) is 14.3 Å². The van der Waals surface area contributed by atoms with Gasteiger partial charge in [0, 0.05) is 28.2 Å². The fourth-order valence-electron chi connectivity index (χ4n) is 2.51. The topological polar surface area (TPSA) is 68.3 Å². The number of benzene rings is 2. The standard InChI is InChI=1S/C21H16Cl2N2O3/c1-13(21(27)25-18-12-16(22)8-9-17(18)23)28-19(26)10-7-15-5-2-4-14-6-3-11-24-20(14)15/h2-13H,1H3,(H,25,27)/b10-7+. The van der Waals surface area contributed by atoms with Crippen LogP contribution in [0.15, 0.2) is 60.8 Å². The first-order valence-electron chi connectivity index (χ1n) is 8.42. The molecule has 1 unspecified atom stereocenters. The van der Waals surface area contributed by atoms with E-state index < -0.39 is 18.0 Å². The van der Waals surface area contributed by atoms with Crippen LogP contribution in [0.5, 0.6) is 0 Å². The Balaban J connectivity index is 1.64. The van der Waals surface area contributed by atoms with Crippen LogP contribution < -0.4 is 5.32 Å². The number of halogens is 2. The SMILES string of the molecule is CC(OC(=O)/C=C/c1cccc2cccnc12)C(=O)Nc1cc(Cl)ccc1Cl. The maximum Gasteiger partial charge on any atom is 0.331 e. The number of ether oxygens (including phenoxy) is 1. The van der Waals surface area contributed by atoms with Gasteiger partial charge in [0.15, 0.2) is 6.10 Å². The van der Waals surface area contributed by atoms with Gasteiger partial charge in [0.2, 0.25) is 0 Å². The molecule has 0 aliphatic carbocycles. The minimum absolute atomic E-state index is 0.333. The number of hydrogen-bond donors (Lipinski definition) is 1. The maximum atomic E-state index is 12.2. The van der Waals surface area contributed by atoms with Gasteiger partial charge in [-0.05, 0) is 37.3 Å². The summed E-state index contributed by atoms with van der Waals surface area (Å²) in [6.45, 7) is 1.47. The Hall–Kier alpha value is -2.89. The Morgan fingerprint density at radius 2 is 1.93 bits per heavy atom. The molecule has 142 valence electrons. The maximum absolute atomic E-state index is 12.2. The van der Waals surface area contributed by atoms with E-state index >= 15 is 0 Å². The summed E-state index contributed by atoms with van der Waals surface area (Å²) < 4.78 is 5.15. The Morgan fingerprint density at radius 3 is 2.75 bits per heavy atom. The lowest BCUT2D eigenvalue weighted by atomic mass is 10.1. The van der Waals surface area contributed by atoms with Gasteiger partial charge in [0.25, 0.3) is 5.91 Å². The molecule has 7 heteroatoms. The molecule has 0 radical (unpaired) electrons. The molecule has 0 bridgehead atoms. The molecule has 3 rings (SSSR count). The first-order chi connectivity index (χ1) is 13.4. The van der Waals surface area contributed by atoms with Gasteiger partial charge in [-0.2, -0.15) is 0 Å². The van der Waals surface area contributed by atoms with Crippen molar-refractivity contribution in [2.24, 2.45) is 0 Å². The number of carbonyl (C=O) groups is 2. The molecule has 0 saturated carbocycles. The van der Waals surface area contributed by atoms with Crippen molar-refractivity contribution in [3.8, 4) is 0 Å². The quantitative estimate of drug-likeness (QED) is 0.464. The summed E-state index contributed by atoms with van der Waals surface area (Å²) in [4.78, 5) is 28.6. The lowest BCUT2D eigenvalue weighted by Crippen LogP contribution is -2.29. The van der Waals surface area contributed by atoms with Gasteiger partial charge in [0.05, 0.1) is 16.2 Å². The van der Waals surface area contributed by atoms with Crippen molar-refractivity contribution in [2.45, 2.75) is 13.0 Å². The van der Waals surface area contributed by atoms with Crippen LogP contribution in [0.3, 0.4) is 0 Å². The molecule has 5 nitrogen and oxygen atoms in total. The summed E-state index contributed by atoms with van der Waals surface area (Å²) in [6, 6.07) is 14.1. The summed E-state index contributed by atoms with van der Waals surface area (Å²) in [5, 5.41) is 4.31. The zero-order chi connectivity index (χ0) is 20.1. The number of esters is 1. The number of para-hydroxylation sites is 1. The number of nitrogens with one attached hydrogen (secondary N) is 1. The number of fused-ring (bicyclic) bond motifs is 1. The summed E-state index contributed by atoms with van der Waals surface area (Å²) in [5.74, 6) is -1.16. The van der Waals surface area contributed by atoms with Gasteiger partial charge in [-0.3, -0.25) is 9.78 Å². The molecule has 1 amide bonds. The first-order valence-corrected chi connectivity index (χ1v) is 9.18. The molecule has 0 fully saturated rings. The highest BCUT2D eigenvalue weighted by molar-refractivity contribution is 6.35. The zero-order valence-electron chi connectivity index (χ0n) is 14.9. The summed E-state index contributed by atoms with van der Waals surface area (Å²) in [6.07, 6.45) is 3.54. The van der Waals surface area contributed by atoms with Crippen molar-refractivity contribution < 1.29 is 14.3 Å². The molecular weight excluding hydrogens is 399 g/mol. The molecule has 1 heterocycles. The van der Waals surface area contributed by atoms with Crippen LogP contribution in [0.1, 0.15) is 12.5 Å². The first kappa shape index (κ1) is 19.9. The molecule has 1 aromatic heterocycles. The molecule has 0 saturated heterocycles. The molecule has 2 aromatic carbocycles. The number of rotatable bonds is 5. The fourth-order valence-corrected chi connectivity index (χ4v) is 2.85. The van der Waals surface area contributed by atoms with Crippen molar-refractivity contribution in [3.05, 3.63) is 76.4 Å². The number of amides is 1. The van der Waals surface area contributed by atoms with Gasteiger partial charge in [-0.1, -0.05) is 47.5 Å². The lowest BCUT2D eigenvalue weighted by molar-refractivity contribution is -0.148. The van der Waals surface area contributed by atoms with E-state index in [4.69, 9.17) is 27.9 Å². The number of pyridine rings is 1. The van der Waals surface area contributed by atoms with E-state index in [2.05, 4.69) is 10.3 Å². The van der Waals surface area contributed by atoms with E-state index in [1.165, 1.54) is 19.1 Å². The molecular formula is C21H16Cl2N2O3. The van der Waals surface area contributed by atoms with Crippen molar-refractivity contribution >= 4 is 57.7 Å². The predicted molar refractivity (Wildman–Crippen MR) is 111 cm³/mol. The molecule has 1 N–H and O–H groups in total. The van der Waals surface area contributed by atoms with Crippen LogP contribution in [0.4, 0.5) is 5.69 Å². The average molecular weight is 415 g/mol. The summed E-state index contributed by atoms with van der Waals surface area (Å²) in [5.41, 5.74) is 1.90. The Bertz CT molecular complexity index is 1060.